The normalized spacial score (nSPS) is 17.9. The molecular formula is C14H19N3O2. The van der Waals surface area contributed by atoms with Gasteiger partial charge in [0.05, 0.1) is 18.3 Å². The van der Waals surface area contributed by atoms with E-state index in [2.05, 4.69) is 15.1 Å². The molecular weight excluding hydrogens is 242 g/mol. The fraction of sp³-hybridized carbons (Fsp3) is 0.500. The van der Waals surface area contributed by atoms with E-state index in [1.807, 2.05) is 24.4 Å². The maximum Gasteiger partial charge on any atom is 0.120 e. The van der Waals surface area contributed by atoms with Gasteiger partial charge in [-0.25, -0.2) is 0 Å². The highest BCUT2D eigenvalue weighted by molar-refractivity contribution is 5.79. The first-order chi connectivity index (χ1) is 9.35. The fourth-order valence-electron chi connectivity index (χ4n) is 2.58. The summed E-state index contributed by atoms with van der Waals surface area (Å²) in [5.74, 6) is 0.912. The van der Waals surface area contributed by atoms with Gasteiger partial charge < -0.3 is 14.7 Å². The number of nitrogens with zero attached hydrogens (tertiary/aromatic N) is 2. The SMILES string of the molecule is OCCN1CCC(Oc2ccc3[nH]ncc3c2)CC1. The zero-order chi connectivity index (χ0) is 13.1. The van der Waals surface area contributed by atoms with E-state index in [1.165, 1.54) is 0 Å². The second-order valence-corrected chi connectivity index (χ2v) is 5.00. The predicted molar refractivity (Wildman–Crippen MR) is 73.3 cm³/mol. The Morgan fingerprint density at radius 2 is 2.21 bits per heavy atom. The van der Waals surface area contributed by atoms with Crippen molar-refractivity contribution >= 4 is 10.9 Å². The second kappa shape index (κ2) is 5.59. The van der Waals surface area contributed by atoms with Crippen molar-refractivity contribution in [2.75, 3.05) is 26.2 Å². The smallest absolute Gasteiger partial charge is 0.120 e. The average Bonchev–Trinajstić information content (AvgIpc) is 2.89. The maximum atomic E-state index is 8.92. The Hall–Kier alpha value is -1.59. The Bertz CT molecular complexity index is 532. The van der Waals surface area contributed by atoms with Gasteiger partial charge in [0.25, 0.3) is 0 Å². The molecule has 0 saturated carbocycles. The number of nitrogens with one attached hydrogen (secondary N) is 1. The van der Waals surface area contributed by atoms with Crippen LogP contribution in [0.5, 0.6) is 5.75 Å². The van der Waals surface area contributed by atoms with Crippen LogP contribution in [0.15, 0.2) is 24.4 Å². The van der Waals surface area contributed by atoms with E-state index < -0.39 is 0 Å². The molecule has 1 aliphatic heterocycles. The van der Waals surface area contributed by atoms with Crippen molar-refractivity contribution < 1.29 is 9.84 Å². The number of β-amino-alcohol motifs (C(OH)–C–C–N with tert-alkyl or cyclic N) is 1. The summed E-state index contributed by atoms with van der Waals surface area (Å²) < 4.78 is 6.03. The van der Waals surface area contributed by atoms with Gasteiger partial charge in [0.1, 0.15) is 11.9 Å². The number of likely N-dealkylation sites (tertiary alicyclic amines) is 1. The molecule has 19 heavy (non-hydrogen) atoms. The molecule has 1 saturated heterocycles. The maximum absolute atomic E-state index is 8.92. The van der Waals surface area contributed by atoms with Crippen LogP contribution in [0.2, 0.25) is 0 Å². The third kappa shape index (κ3) is 2.88. The molecule has 5 nitrogen and oxygen atoms in total. The number of H-pyrrole nitrogens is 1. The van der Waals surface area contributed by atoms with E-state index in [0.29, 0.717) is 0 Å². The van der Waals surface area contributed by atoms with Gasteiger partial charge in [-0.15, -0.1) is 0 Å². The van der Waals surface area contributed by atoms with Crippen molar-refractivity contribution in [2.24, 2.45) is 0 Å². The van der Waals surface area contributed by atoms with Gasteiger partial charge >= 0.3 is 0 Å². The van der Waals surface area contributed by atoms with Crippen molar-refractivity contribution in [3.63, 3.8) is 0 Å². The summed E-state index contributed by atoms with van der Waals surface area (Å²) in [4.78, 5) is 2.28. The molecule has 0 bridgehead atoms. The lowest BCUT2D eigenvalue weighted by molar-refractivity contribution is 0.0890. The molecule has 2 N–H and O–H groups in total. The van der Waals surface area contributed by atoms with E-state index in [1.54, 1.807) is 0 Å². The highest BCUT2D eigenvalue weighted by atomic mass is 16.5. The topological polar surface area (TPSA) is 61.4 Å². The number of piperidine rings is 1. The average molecular weight is 261 g/mol. The Morgan fingerprint density at radius 1 is 1.37 bits per heavy atom. The molecule has 2 heterocycles. The van der Waals surface area contributed by atoms with E-state index in [4.69, 9.17) is 9.84 Å². The largest absolute Gasteiger partial charge is 0.490 e. The molecule has 0 unspecified atom stereocenters. The molecule has 102 valence electrons. The third-order valence-corrected chi connectivity index (χ3v) is 3.67. The molecule has 1 fully saturated rings. The fourth-order valence-corrected chi connectivity index (χ4v) is 2.58. The number of hydrogen-bond acceptors (Lipinski definition) is 4. The predicted octanol–water partition coefficient (Wildman–Crippen LogP) is 1.40. The summed E-state index contributed by atoms with van der Waals surface area (Å²) in [6.45, 7) is 3.01. The number of aliphatic hydroxyl groups is 1. The van der Waals surface area contributed by atoms with E-state index in [9.17, 15) is 0 Å². The van der Waals surface area contributed by atoms with Gasteiger partial charge in [-0.1, -0.05) is 0 Å². The molecule has 1 aromatic carbocycles. The molecule has 3 rings (SSSR count). The van der Waals surface area contributed by atoms with Crippen molar-refractivity contribution in [1.29, 1.82) is 0 Å². The summed E-state index contributed by atoms with van der Waals surface area (Å²) in [7, 11) is 0. The lowest BCUT2D eigenvalue weighted by Gasteiger charge is -2.31. The number of hydrogen-bond donors (Lipinski definition) is 2. The standard InChI is InChI=1S/C14H19N3O2/c18-8-7-17-5-3-12(4-6-17)19-13-1-2-14-11(9-13)10-15-16-14/h1-2,9-10,12,18H,3-8H2,(H,15,16). The van der Waals surface area contributed by atoms with Crippen molar-refractivity contribution in [2.45, 2.75) is 18.9 Å². The highest BCUT2D eigenvalue weighted by Gasteiger charge is 2.20. The summed E-state index contributed by atoms with van der Waals surface area (Å²) in [6, 6.07) is 6.01. The minimum Gasteiger partial charge on any atom is -0.490 e. The number of benzene rings is 1. The van der Waals surface area contributed by atoms with Crippen LogP contribution >= 0.6 is 0 Å². The van der Waals surface area contributed by atoms with Crippen molar-refractivity contribution in [1.82, 2.24) is 15.1 Å². The minimum atomic E-state index is 0.239. The zero-order valence-corrected chi connectivity index (χ0v) is 10.9. The molecule has 1 aliphatic rings. The first-order valence-corrected chi connectivity index (χ1v) is 6.78. The second-order valence-electron chi connectivity index (χ2n) is 5.00. The molecule has 0 radical (unpaired) electrons. The van der Waals surface area contributed by atoms with Crippen LogP contribution in [0, 0.1) is 0 Å². The van der Waals surface area contributed by atoms with Crippen LogP contribution in [0.25, 0.3) is 10.9 Å². The molecule has 1 aromatic heterocycles. The molecule has 0 aliphatic carbocycles. The number of rotatable bonds is 4. The lowest BCUT2D eigenvalue weighted by atomic mass is 10.1. The molecule has 0 spiro atoms. The van der Waals surface area contributed by atoms with Crippen LogP contribution < -0.4 is 4.74 Å². The van der Waals surface area contributed by atoms with Crippen LogP contribution in [0.3, 0.4) is 0 Å². The quantitative estimate of drug-likeness (QED) is 0.873. The summed E-state index contributed by atoms with van der Waals surface area (Å²) >= 11 is 0. The first-order valence-electron chi connectivity index (χ1n) is 6.78. The van der Waals surface area contributed by atoms with Gasteiger partial charge in [-0.3, -0.25) is 5.10 Å². The van der Waals surface area contributed by atoms with Crippen molar-refractivity contribution in [3.8, 4) is 5.75 Å². The lowest BCUT2D eigenvalue weighted by Crippen LogP contribution is -2.39. The van der Waals surface area contributed by atoms with Crippen LogP contribution in [0.4, 0.5) is 0 Å². The summed E-state index contributed by atoms with van der Waals surface area (Å²) in [5, 5.41) is 16.9. The van der Waals surface area contributed by atoms with E-state index in [0.717, 1.165) is 49.1 Å². The molecule has 5 heteroatoms. The summed E-state index contributed by atoms with van der Waals surface area (Å²) in [5.41, 5.74) is 1.03. The molecule has 0 atom stereocenters. The third-order valence-electron chi connectivity index (χ3n) is 3.67. The Morgan fingerprint density at radius 3 is 3.00 bits per heavy atom. The number of aliphatic hydroxyl groups excluding tert-OH is 1. The number of aromatic amines is 1. The monoisotopic (exact) mass is 261 g/mol. The Kier molecular flexibility index (Phi) is 3.66. The van der Waals surface area contributed by atoms with E-state index in [-0.39, 0.29) is 12.7 Å². The molecule has 0 amide bonds. The van der Waals surface area contributed by atoms with Crippen LogP contribution in [0.1, 0.15) is 12.8 Å². The Labute approximate surface area is 112 Å². The number of fused-ring (bicyclic) bond motifs is 1. The Balaban J connectivity index is 1.59. The zero-order valence-electron chi connectivity index (χ0n) is 10.9. The number of aromatic nitrogens is 2. The van der Waals surface area contributed by atoms with Gasteiger partial charge in [0.15, 0.2) is 0 Å². The minimum absolute atomic E-state index is 0.239. The highest BCUT2D eigenvalue weighted by Crippen LogP contribution is 2.22. The number of ether oxygens (including phenoxy) is 1. The first kappa shape index (κ1) is 12.4. The van der Waals surface area contributed by atoms with Crippen molar-refractivity contribution in [3.05, 3.63) is 24.4 Å². The van der Waals surface area contributed by atoms with Crippen LogP contribution in [-0.2, 0) is 0 Å². The van der Waals surface area contributed by atoms with Crippen LogP contribution in [-0.4, -0.2) is 52.5 Å². The van der Waals surface area contributed by atoms with Gasteiger partial charge in [-0.2, -0.15) is 5.10 Å². The summed E-state index contributed by atoms with van der Waals surface area (Å²) in [6.07, 6.45) is 4.12. The van der Waals surface area contributed by atoms with Gasteiger partial charge in [0.2, 0.25) is 0 Å². The van der Waals surface area contributed by atoms with E-state index >= 15 is 0 Å². The molecule has 2 aromatic rings. The van der Waals surface area contributed by atoms with Gasteiger partial charge in [0, 0.05) is 25.0 Å². The van der Waals surface area contributed by atoms with Gasteiger partial charge in [-0.05, 0) is 31.0 Å².